The standard InChI is InChI=1S/C19H28OSi/c1-14(2)21(15(3)4,16(5)6)13-12-18-19(20-18)17-10-8-7-9-11-17/h7-11,14-16,18-19H,1-6H3/t18-,19-/m1/s1. The van der Waals surface area contributed by atoms with Crippen LogP contribution in [0, 0.1) is 11.5 Å². The highest BCUT2D eigenvalue weighted by molar-refractivity contribution is 6.90. The molecule has 0 radical (unpaired) electrons. The molecular weight excluding hydrogens is 272 g/mol. The zero-order chi connectivity index (χ0) is 15.6. The van der Waals surface area contributed by atoms with Gasteiger partial charge in [0, 0.05) is 0 Å². The molecule has 1 fully saturated rings. The Hall–Kier alpha value is -1.04. The summed E-state index contributed by atoms with van der Waals surface area (Å²) in [4.78, 5) is 0. The molecular formula is C19H28OSi. The zero-order valence-electron chi connectivity index (χ0n) is 14.2. The van der Waals surface area contributed by atoms with Crippen LogP contribution in [0.25, 0.3) is 0 Å². The van der Waals surface area contributed by atoms with Crippen LogP contribution in [0.5, 0.6) is 0 Å². The predicted molar refractivity (Wildman–Crippen MR) is 92.9 cm³/mol. The molecule has 2 rings (SSSR count). The van der Waals surface area contributed by atoms with E-state index in [0.717, 1.165) is 0 Å². The lowest BCUT2D eigenvalue weighted by Gasteiger charge is -2.38. The van der Waals surface area contributed by atoms with E-state index in [-0.39, 0.29) is 12.2 Å². The Morgan fingerprint density at radius 1 is 0.905 bits per heavy atom. The Labute approximate surface area is 131 Å². The lowest BCUT2D eigenvalue weighted by atomic mass is 10.1. The maximum absolute atomic E-state index is 5.79. The van der Waals surface area contributed by atoms with Crippen molar-refractivity contribution in [3.05, 3.63) is 35.9 Å². The number of ether oxygens (including phenoxy) is 1. The highest BCUT2D eigenvalue weighted by atomic mass is 28.3. The lowest BCUT2D eigenvalue weighted by Crippen LogP contribution is -2.43. The molecule has 0 saturated carbocycles. The first-order chi connectivity index (χ1) is 9.89. The summed E-state index contributed by atoms with van der Waals surface area (Å²) in [5.41, 5.74) is 7.05. The molecule has 1 aliphatic heterocycles. The maximum Gasteiger partial charge on any atom is 0.148 e. The van der Waals surface area contributed by atoms with Crippen molar-refractivity contribution in [2.45, 2.75) is 70.4 Å². The largest absolute Gasteiger partial charge is 0.351 e. The van der Waals surface area contributed by atoms with E-state index in [9.17, 15) is 0 Å². The molecule has 0 unspecified atom stereocenters. The lowest BCUT2D eigenvalue weighted by molar-refractivity contribution is 0.397. The molecule has 0 N–H and O–H groups in total. The van der Waals surface area contributed by atoms with Gasteiger partial charge in [0.1, 0.15) is 20.3 Å². The van der Waals surface area contributed by atoms with Crippen LogP contribution in [0.2, 0.25) is 16.6 Å². The topological polar surface area (TPSA) is 12.5 Å². The quantitative estimate of drug-likeness (QED) is 0.415. The van der Waals surface area contributed by atoms with E-state index < -0.39 is 8.07 Å². The molecule has 0 bridgehead atoms. The molecule has 114 valence electrons. The fourth-order valence-corrected chi connectivity index (χ4v) is 9.01. The first-order valence-electron chi connectivity index (χ1n) is 8.12. The molecule has 1 aliphatic rings. The van der Waals surface area contributed by atoms with Gasteiger partial charge < -0.3 is 4.74 Å². The number of epoxide rings is 1. The van der Waals surface area contributed by atoms with Crippen molar-refractivity contribution in [1.82, 2.24) is 0 Å². The fraction of sp³-hybridized carbons (Fsp3) is 0.579. The zero-order valence-corrected chi connectivity index (χ0v) is 15.2. The molecule has 1 heterocycles. The number of benzene rings is 1. The summed E-state index contributed by atoms with van der Waals surface area (Å²) < 4.78 is 5.79. The third kappa shape index (κ3) is 3.25. The van der Waals surface area contributed by atoms with Gasteiger partial charge in [0.15, 0.2) is 0 Å². The Kier molecular flexibility index (Phi) is 4.96. The second-order valence-electron chi connectivity index (χ2n) is 7.05. The summed E-state index contributed by atoms with van der Waals surface area (Å²) in [6.07, 6.45) is 0.299. The van der Waals surface area contributed by atoms with Crippen molar-refractivity contribution in [2.24, 2.45) is 0 Å². The molecule has 0 aromatic heterocycles. The Balaban J connectivity index is 2.17. The molecule has 2 atom stereocenters. The van der Waals surface area contributed by atoms with Crippen LogP contribution < -0.4 is 0 Å². The molecule has 21 heavy (non-hydrogen) atoms. The van der Waals surface area contributed by atoms with Crippen LogP contribution in [-0.2, 0) is 4.74 Å². The van der Waals surface area contributed by atoms with Gasteiger partial charge >= 0.3 is 0 Å². The minimum absolute atomic E-state index is 0.107. The van der Waals surface area contributed by atoms with Crippen molar-refractivity contribution < 1.29 is 4.74 Å². The molecule has 1 saturated heterocycles. The molecule has 1 aromatic carbocycles. The predicted octanol–water partition coefficient (Wildman–Crippen LogP) is 5.35. The minimum Gasteiger partial charge on any atom is -0.351 e. The highest BCUT2D eigenvalue weighted by Gasteiger charge is 2.43. The molecule has 0 spiro atoms. The van der Waals surface area contributed by atoms with Gasteiger partial charge in [0.25, 0.3) is 0 Å². The third-order valence-corrected chi connectivity index (χ3v) is 11.2. The summed E-state index contributed by atoms with van der Waals surface area (Å²) in [5, 5.41) is 0. The van der Waals surface area contributed by atoms with Gasteiger partial charge in [-0.2, -0.15) is 0 Å². The Morgan fingerprint density at radius 2 is 1.43 bits per heavy atom. The van der Waals surface area contributed by atoms with Gasteiger partial charge in [0.05, 0.1) is 0 Å². The van der Waals surface area contributed by atoms with E-state index in [4.69, 9.17) is 4.74 Å². The van der Waals surface area contributed by atoms with Crippen molar-refractivity contribution in [2.75, 3.05) is 0 Å². The van der Waals surface area contributed by atoms with E-state index in [1.807, 2.05) is 6.07 Å². The van der Waals surface area contributed by atoms with Crippen LogP contribution in [0.4, 0.5) is 0 Å². The summed E-state index contributed by atoms with van der Waals surface area (Å²) >= 11 is 0. The van der Waals surface area contributed by atoms with Crippen LogP contribution >= 0.6 is 0 Å². The molecule has 2 heteroatoms. The van der Waals surface area contributed by atoms with Gasteiger partial charge in [0.2, 0.25) is 0 Å². The average molecular weight is 301 g/mol. The molecule has 1 aromatic rings. The summed E-state index contributed by atoms with van der Waals surface area (Å²) in [6.45, 7) is 14.1. The average Bonchev–Trinajstić information content (AvgIpc) is 3.19. The first-order valence-corrected chi connectivity index (χ1v) is 10.4. The fourth-order valence-electron chi connectivity index (χ4n) is 3.75. The van der Waals surface area contributed by atoms with Gasteiger partial charge in [-0.25, -0.2) is 0 Å². The summed E-state index contributed by atoms with van der Waals surface area (Å²) in [7, 11) is -1.62. The molecule has 0 amide bonds. The summed E-state index contributed by atoms with van der Waals surface area (Å²) in [5.74, 6) is 3.48. The van der Waals surface area contributed by atoms with Gasteiger partial charge in [-0.3, -0.25) is 0 Å². The van der Waals surface area contributed by atoms with E-state index in [1.165, 1.54) is 5.56 Å². The van der Waals surface area contributed by atoms with Gasteiger partial charge in [-0.05, 0) is 22.2 Å². The number of hydrogen-bond donors (Lipinski definition) is 0. The van der Waals surface area contributed by atoms with Gasteiger partial charge in [-0.1, -0.05) is 77.8 Å². The van der Waals surface area contributed by atoms with Crippen molar-refractivity contribution in [3.63, 3.8) is 0 Å². The second-order valence-corrected chi connectivity index (χ2v) is 12.6. The Bertz CT molecular complexity index is 500. The van der Waals surface area contributed by atoms with Crippen LogP contribution in [0.3, 0.4) is 0 Å². The monoisotopic (exact) mass is 300 g/mol. The third-order valence-electron chi connectivity index (χ3n) is 4.92. The minimum atomic E-state index is -1.62. The molecule has 0 aliphatic carbocycles. The Morgan fingerprint density at radius 3 is 1.90 bits per heavy atom. The number of rotatable bonds is 4. The van der Waals surface area contributed by atoms with E-state index in [1.54, 1.807) is 0 Å². The van der Waals surface area contributed by atoms with Crippen molar-refractivity contribution in [3.8, 4) is 11.5 Å². The van der Waals surface area contributed by atoms with Crippen molar-refractivity contribution in [1.29, 1.82) is 0 Å². The summed E-state index contributed by atoms with van der Waals surface area (Å²) in [6, 6.07) is 10.4. The first kappa shape index (κ1) is 16.3. The number of hydrogen-bond acceptors (Lipinski definition) is 1. The van der Waals surface area contributed by atoms with Gasteiger partial charge in [-0.15, -0.1) is 5.54 Å². The maximum atomic E-state index is 5.79. The smallest absolute Gasteiger partial charge is 0.148 e. The van der Waals surface area contributed by atoms with Crippen LogP contribution in [-0.4, -0.2) is 14.2 Å². The van der Waals surface area contributed by atoms with Crippen LogP contribution in [0.1, 0.15) is 53.2 Å². The normalized spacial score (nSPS) is 21.6. The van der Waals surface area contributed by atoms with E-state index in [0.29, 0.717) is 16.6 Å². The SMILES string of the molecule is CC(C)[Si](C#C[C@H]1O[C@@H]1c1ccccc1)(C(C)C)C(C)C. The molecule has 1 nitrogen and oxygen atoms in total. The van der Waals surface area contributed by atoms with E-state index >= 15 is 0 Å². The highest BCUT2D eigenvalue weighted by Crippen LogP contribution is 2.42. The second kappa shape index (κ2) is 6.38. The van der Waals surface area contributed by atoms with Crippen LogP contribution in [0.15, 0.2) is 30.3 Å². The van der Waals surface area contributed by atoms with E-state index in [2.05, 4.69) is 77.3 Å². The van der Waals surface area contributed by atoms with Crippen molar-refractivity contribution >= 4 is 8.07 Å².